The summed E-state index contributed by atoms with van der Waals surface area (Å²) in [5.41, 5.74) is 2.07. The van der Waals surface area contributed by atoms with E-state index in [1.54, 1.807) is 6.26 Å². The maximum atomic E-state index is 10.7. The molecule has 1 aromatic carbocycles. The number of fused-ring (bicyclic) bond motifs is 1. The Balaban J connectivity index is 2.12. The number of aliphatic hydroxyl groups is 1. The molecule has 1 aliphatic rings. The summed E-state index contributed by atoms with van der Waals surface area (Å²) in [6.45, 7) is 1.88. The van der Waals surface area contributed by atoms with Gasteiger partial charge in [0.1, 0.15) is 17.3 Å². The highest BCUT2D eigenvalue weighted by Crippen LogP contribution is 2.47. The Labute approximate surface area is 112 Å². The van der Waals surface area contributed by atoms with Gasteiger partial charge in [0.2, 0.25) is 0 Å². The largest absolute Gasteiger partial charge is 0.466 e. The molecule has 0 aliphatic heterocycles. The number of aryl methyl sites for hydroxylation is 2. The highest BCUT2D eigenvalue weighted by Gasteiger charge is 2.47. The zero-order chi connectivity index (χ0) is 13.5. The van der Waals surface area contributed by atoms with Gasteiger partial charge in [-0.15, -0.1) is 0 Å². The van der Waals surface area contributed by atoms with Crippen LogP contribution in [0.25, 0.3) is 0 Å². The minimum atomic E-state index is -0.920. The van der Waals surface area contributed by atoms with Crippen LogP contribution in [-0.2, 0) is 11.8 Å². The van der Waals surface area contributed by atoms with Gasteiger partial charge in [0.05, 0.1) is 12.3 Å². The fourth-order valence-electron chi connectivity index (χ4n) is 2.99. The molecule has 3 heteroatoms. The summed E-state index contributed by atoms with van der Waals surface area (Å²) in [6, 6.07) is 12.0. The fraction of sp³-hybridized carbons (Fsp3) is 0.312. The Morgan fingerprint density at radius 2 is 2.16 bits per heavy atom. The first-order valence-electron chi connectivity index (χ1n) is 6.41. The van der Waals surface area contributed by atoms with Gasteiger partial charge < -0.3 is 9.52 Å². The Bertz CT molecular complexity index is 653. The average Bonchev–Trinajstić information content (AvgIpc) is 3.02. The molecule has 19 heavy (non-hydrogen) atoms. The quantitative estimate of drug-likeness (QED) is 0.895. The third-order valence-electron chi connectivity index (χ3n) is 4.10. The molecule has 0 spiro atoms. The molecule has 0 saturated carbocycles. The van der Waals surface area contributed by atoms with Crippen molar-refractivity contribution < 1.29 is 9.52 Å². The molecular weight excluding hydrogens is 238 g/mol. The van der Waals surface area contributed by atoms with E-state index in [1.165, 1.54) is 0 Å². The van der Waals surface area contributed by atoms with Crippen molar-refractivity contribution in [3.8, 4) is 6.07 Å². The molecule has 3 nitrogen and oxygen atoms in total. The lowest BCUT2D eigenvalue weighted by Gasteiger charge is -2.27. The van der Waals surface area contributed by atoms with E-state index < -0.39 is 11.5 Å². The predicted octanol–water partition coefficient (Wildman–Crippen LogP) is 3.03. The van der Waals surface area contributed by atoms with Crippen molar-refractivity contribution in [2.24, 2.45) is 0 Å². The van der Waals surface area contributed by atoms with E-state index in [-0.39, 0.29) is 0 Å². The van der Waals surface area contributed by atoms with Crippen LogP contribution in [0.2, 0.25) is 0 Å². The van der Waals surface area contributed by atoms with Gasteiger partial charge in [-0.05, 0) is 42.5 Å². The first-order valence-corrected chi connectivity index (χ1v) is 6.41. The number of rotatable bonds is 2. The summed E-state index contributed by atoms with van der Waals surface area (Å²) in [5, 5.41) is 20.3. The van der Waals surface area contributed by atoms with Crippen LogP contribution < -0.4 is 0 Å². The lowest BCUT2D eigenvalue weighted by Crippen LogP contribution is -2.29. The van der Waals surface area contributed by atoms with Crippen LogP contribution in [0.1, 0.15) is 35.0 Å². The lowest BCUT2D eigenvalue weighted by atomic mass is 9.76. The minimum absolute atomic E-state index is 0.498. The Kier molecular flexibility index (Phi) is 2.69. The van der Waals surface area contributed by atoms with Crippen LogP contribution in [0.4, 0.5) is 0 Å². The van der Waals surface area contributed by atoms with Gasteiger partial charge in [-0.2, -0.15) is 5.26 Å². The van der Waals surface area contributed by atoms with E-state index in [1.807, 2.05) is 37.3 Å². The molecule has 0 amide bonds. The van der Waals surface area contributed by atoms with E-state index in [0.29, 0.717) is 12.2 Å². The molecule has 1 N–H and O–H groups in total. The van der Waals surface area contributed by atoms with Gasteiger partial charge >= 0.3 is 0 Å². The SMILES string of the molecule is Cc1ccoc1C(O)C1(C#N)CCc2ccccc21. The first kappa shape index (κ1) is 12.0. The fourth-order valence-corrected chi connectivity index (χ4v) is 2.99. The summed E-state index contributed by atoms with van der Waals surface area (Å²) >= 11 is 0. The minimum Gasteiger partial charge on any atom is -0.466 e. The van der Waals surface area contributed by atoms with Crippen LogP contribution >= 0.6 is 0 Å². The number of nitrogens with zero attached hydrogens (tertiary/aromatic N) is 1. The molecule has 3 rings (SSSR count). The molecule has 0 saturated heterocycles. The molecule has 1 heterocycles. The number of furan rings is 1. The topological polar surface area (TPSA) is 57.2 Å². The molecule has 1 aliphatic carbocycles. The third kappa shape index (κ3) is 1.61. The third-order valence-corrected chi connectivity index (χ3v) is 4.10. The second-order valence-corrected chi connectivity index (χ2v) is 5.11. The summed E-state index contributed by atoms with van der Waals surface area (Å²) in [5.74, 6) is 0.498. The van der Waals surface area contributed by atoms with Gasteiger partial charge in [0.15, 0.2) is 0 Å². The van der Waals surface area contributed by atoms with Crippen LogP contribution in [0.5, 0.6) is 0 Å². The average molecular weight is 253 g/mol. The van der Waals surface area contributed by atoms with E-state index in [2.05, 4.69) is 6.07 Å². The van der Waals surface area contributed by atoms with E-state index in [0.717, 1.165) is 23.1 Å². The summed E-state index contributed by atoms with van der Waals surface area (Å²) < 4.78 is 5.38. The standard InChI is InChI=1S/C16H15NO2/c1-11-7-9-19-14(11)15(18)16(10-17)8-6-12-4-2-3-5-13(12)16/h2-5,7,9,15,18H,6,8H2,1H3. The van der Waals surface area contributed by atoms with Crippen molar-refractivity contribution in [3.05, 3.63) is 59.0 Å². The highest BCUT2D eigenvalue weighted by molar-refractivity contribution is 5.47. The van der Waals surface area contributed by atoms with Crippen molar-refractivity contribution in [2.45, 2.75) is 31.3 Å². The zero-order valence-electron chi connectivity index (χ0n) is 10.8. The molecular formula is C16H15NO2. The Hall–Kier alpha value is -2.05. The van der Waals surface area contributed by atoms with Crippen LogP contribution in [0.3, 0.4) is 0 Å². The lowest BCUT2D eigenvalue weighted by molar-refractivity contribution is 0.0872. The van der Waals surface area contributed by atoms with Gasteiger partial charge in [0.25, 0.3) is 0 Å². The summed E-state index contributed by atoms with van der Waals surface area (Å²) in [6.07, 6.45) is 2.08. The predicted molar refractivity (Wildman–Crippen MR) is 70.5 cm³/mol. The van der Waals surface area contributed by atoms with Crippen molar-refractivity contribution in [2.75, 3.05) is 0 Å². The maximum absolute atomic E-state index is 10.7. The van der Waals surface area contributed by atoms with E-state index >= 15 is 0 Å². The summed E-state index contributed by atoms with van der Waals surface area (Å²) in [4.78, 5) is 0. The number of benzene rings is 1. The first-order chi connectivity index (χ1) is 9.19. The number of nitriles is 1. The van der Waals surface area contributed by atoms with Crippen molar-refractivity contribution in [1.82, 2.24) is 0 Å². The monoisotopic (exact) mass is 253 g/mol. The summed E-state index contributed by atoms with van der Waals surface area (Å²) in [7, 11) is 0. The molecule has 0 fully saturated rings. The van der Waals surface area contributed by atoms with Crippen molar-refractivity contribution >= 4 is 0 Å². The van der Waals surface area contributed by atoms with Gasteiger partial charge in [0, 0.05) is 0 Å². The molecule has 0 bridgehead atoms. The molecule has 96 valence electrons. The molecule has 1 aromatic heterocycles. The van der Waals surface area contributed by atoms with Crippen molar-refractivity contribution in [3.63, 3.8) is 0 Å². The number of hydrogen-bond donors (Lipinski definition) is 1. The number of hydrogen-bond acceptors (Lipinski definition) is 3. The van der Waals surface area contributed by atoms with E-state index in [4.69, 9.17) is 4.42 Å². The van der Waals surface area contributed by atoms with Gasteiger partial charge in [-0.3, -0.25) is 0 Å². The Morgan fingerprint density at radius 1 is 1.37 bits per heavy atom. The second kappa shape index (κ2) is 4.25. The van der Waals surface area contributed by atoms with Gasteiger partial charge in [-0.25, -0.2) is 0 Å². The van der Waals surface area contributed by atoms with Crippen LogP contribution in [0, 0.1) is 18.3 Å². The molecule has 0 radical (unpaired) electrons. The molecule has 2 atom stereocenters. The Morgan fingerprint density at radius 3 is 2.84 bits per heavy atom. The highest BCUT2D eigenvalue weighted by atomic mass is 16.4. The maximum Gasteiger partial charge on any atom is 0.137 e. The van der Waals surface area contributed by atoms with Crippen molar-refractivity contribution in [1.29, 1.82) is 5.26 Å². The van der Waals surface area contributed by atoms with E-state index in [9.17, 15) is 10.4 Å². The number of aliphatic hydroxyl groups excluding tert-OH is 1. The van der Waals surface area contributed by atoms with Crippen LogP contribution in [0.15, 0.2) is 41.0 Å². The normalized spacial score (nSPS) is 22.8. The second-order valence-electron chi connectivity index (χ2n) is 5.11. The molecule has 2 unspecified atom stereocenters. The van der Waals surface area contributed by atoms with Gasteiger partial charge in [-0.1, -0.05) is 24.3 Å². The smallest absolute Gasteiger partial charge is 0.137 e. The molecule has 2 aromatic rings. The van der Waals surface area contributed by atoms with Crippen LogP contribution in [-0.4, -0.2) is 5.11 Å². The zero-order valence-corrected chi connectivity index (χ0v) is 10.8.